The standard InChI is InChI=1S/C51H92O6S3.C51H86O6S3/c2*1-4-7-10-13-16-19-22-25-28-31-34-37-40-58-45-49(52)55-43-48(57-51(54)47-60-42-39-36-33-30-27-24-21-18-15-12-9-6-3)44-56-50(53)46-59-41-38-35-32-29-26-23-20-17-14-11-8-5-2/h22-27,48H,4-21,28-47H2,1-3H3;48H,4-6,13-47H2,1-3H3/b25-22-,26-23-,27-24-;. The van der Waals surface area contributed by atoms with Gasteiger partial charge in [0.2, 0.25) is 0 Å². The van der Waals surface area contributed by atoms with Gasteiger partial charge in [-0.1, -0.05) is 290 Å². The SMILES string of the molecule is CCC#CCCCCCCCCCCSCC(=O)OCC(COC(=O)CSCCCCCCCCCCC#CCC)OC(=O)CSCCCCCCCCCCC#CCC.CCCCCCC/C=C\CCCCCSCC(=O)OCC(COC(=O)CSCCCCC/C=C\CCCCCCC)OC(=O)CSCCCCC/C=C\CCCCCCC. The first-order valence-corrected chi connectivity index (χ1v) is 55.8. The Hall–Kier alpha value is -3.18. The maximum atomic E-state index is 12.7. The molecule has 12 nitrogen and oxygen atoms in total. The molecule has 0 aliphatic heterocycles. The van der Waals surface area contributed by atoms with E-state index in [9.17, 15) is 28.8 Å². The summed E-state index contributed by atoms with van der Waals surface area (Å²) in [7, 11) is 0. The van der Waals surface area contributed by atoms with E-state index in [1.54, 1.807) is 70.6 Å². The summed E-state index contributed by atoms with van der Waals surface area (Å²) in [6.45, 7) is 12.6. The Balaban J connectivity index is 0. The Morgan fingerprint density at radius 1 is 0.217 bits per heavy atom. The molecule has 18 heteroatoms. The molecule has 0 radical (unpaired) electrons. The van der Waals surface area contributed by atoms with Crippen LogP contribution in [0.1, 0.15) is 427 Å². The maximum Gasteiger partial charge on any atom is 0.316 e. The van der Waals surface area contributed by atoms with Gasteiger partial charge >= 0.3 is 35.8 Å². The van der Waals surface area contributed by atoms with Crippen LogP contribution in [0, 0.1) is 35.5 Å². The number of hydrogen-bond donors (Lipinski definition) is 0. The van der Waals surface area contributed by atoms with Gasteiger partial charge in [0.15, 0.2) is 12.2 Å². The molecule has 0 atom stereocenters. The molecule has 694 valence electrons. The van der Waals surface area contributed by atoms with E-state index in [2.05, 4.69) is 114 Å². The molecule has 0 saturated heterocycles. The van der Waals surface area contributed by atoms with Gasteiger partial charge in [0.25, 0.3) is 0 Å². The van der Waals surface area contributed by atoms with E-state index >= 15 is 0 Å². The first-order chi connectivity index (χ1) is 59.1. The second kappa shape index (κ2) is 105. The van der Waals surface area contributed by atoms with Gasteiger partial charge in [-0.2, -0.15) is 70.6 Å². The fraction of sp³-hybridized carbons (Fsp3) is 0.824. The molecule has 0 unspecified atom stereocenters. The van der Waals surface area contributed by atoms with Gasteiger partial charge in [-0.15, -0.1) is 35.5 Å². The van der Waals surface area contributed by atoms with E-state index < -0.39 is 12.2 Å². The number of thioether (sulfide) groups is 6. The fourth-order valence-electron chi connectivity index (χ4n) is 12.8. The zero-order valence-electron chi connectivity index (χ0n) is 77.7. The van der Waals surface area contributed by atoms with Crippen molar-refractivity contribution in [2.75, 3.05) is 95.5 Å². The lowest BCUT2D eigenvalue weighted by atomic mass is 10.1. The van der Waals surface area contributed by atoms with Gasteiger partial charge in [0, 0.05) is 38.5 Å². The van der Waals surface area contributed by atoms with Crippen molar-refractivity contribution in [3.8, 4) is 35.5 Å². The van der Waals surface area contributed by atoms with Crippen molar-refractivity contribution in [1.29, 1.82) is 0 Å². The summed E-state index contributed by atoms with van der Waals surface area (Å²) >= 11 is 9.45. The van der Waals surface area contributed by atoms with Gasteiger partial charge in [-0.25, -0.2) is 0 Å². The Labute approximate surface area is 764 Å². The number of esters is 6. The molecule has 0 fully saturated rings. The van der Waals surface area contributed by atoms with Crippen LogP contribution in [0.4, 0.5) is 0 Å². The van der Waals surface area contributed by atoms with Crippen molar-refractivity contribution in [2.45, 2.75) is 439 Å². The van der Waals surface area contributed by atoms with Crippen molar-refractivity contribution in [1.82, 2.24) is 0 Å². The van der Waals surface area contributed by atoms with Gasteiger partial charge in [-0.3, -0.25) is 28.8 Å². The second-order valence-electron chi connectivity index (χ2n) is 31.7. The number of ether oxygens (including phenoxy) is 6. The number of unbranched alkanes of at least 4 members (excludes halogenated alkanes) is 48. The summed E-state index contributed by atoms with van der Waals surface area (Å²) in [5, 5.41) is 0. The quantitative estimate of drug-likeness (QED) is 0.0186. The summed E-state index contributed by atoms with van der Waals surface area (Å²) in [6.07, 6.45) is 84.6. The molecule has 0 bridgehead atoms. The fourth-order valence-corrected chi connectivity index (χ4v) is 17.6. The Bertz CT molecular complexity index is 2450. The first-order valence-electron chi connectivity index (χ1n) is 48.9. The van der Waals surface area contributed by atoms with Crippen LogP contribution in [0.5, 0.6) is 0 Å². The van der Waals surface area contributed by atoms with Crippen LogP contribution in [0.2, 0.25) is 0 Å². The van der Waals surface area contributed by atoms with Gasteiger partial charge in [0.1, 0.15) is 26.4 Å². The summed E-state index contributed by atoms with van der Waals surface area (Å²) in [5.41, 5.74) is 0. The van der Waals surface area contributed by atoms with Crippen LogP contribution >= 0.6 is 70.6 Å². The molecule has 0 aliphatic rings. The molecule has 0 saturated carbocycles. The van der Waals surface area contributed by atoms with E-state index in [1.807, 2.05) is 0 Å². The van der Waals surface area contributed by atoms with Crippen LogP contribution in [0.25, 0.3) is 0 Å². The minimum Gasteiger partial charge on any atom is -0.461 e. The van der Waals surface area contributed by atoms with Crippen molar-refractivity contribution in [3.05, 3.63) is 36.5 Å². The normalized spacial score (nSPS) is 11.2. The molecule has 0 aromatic heterocycles. The number of rotatable bonds is 88. The molecule has 120 heavy (non-hydrogen) atoms. The van der Waals surface area contributed by atoms with Gasteiger partial charge in [0.05, 0.1) is 34.5 Å². The van der Waals surface area contributed by atoms with Crippen LogP contribution < -0.4 is 0 Å². The van der Waals surface area contributed by atoms with Gasteiger partial charge in [-0.05, 0) is 169 Å². The van der Waals surface area contributed by atoms with E-state index in [-0.39, 0.29) is 96.8 Å². The predicted molar refractivity (Wildman–Crippen MR) is 529 cm³/mol. The Morgan fingerprint density at radius 2 is 0.392 bits per heavy atom. The number of hydrogen-bond acceptors (Lipinski definition) is 18. The molecule has 0 N–H and O–H groups in total. The average Bonchev–Trinajstić information content (AvgIpc) is 0.946. The largest absolute Gasteiger partial charge is 0.461 e. The topological polar surface area (TPSA) is 158 Å². The number of carbonyl (C=O) groups is 6. The second-order valence-corrected chi connectivity index (χ2v) is 38.3. The lowest BCUT2D eigenvalue weighted by Crippen LogP contribution is -2.32. The van der Waals surface area contributed by atoms with E-state index in [1.165, 1.54) is 270 Å². The van der Waals surface area contributed by atoms with Crippen LogP contribution in [-0.2, 0) is 57.2 Å². The Kier molecular flexibility index (Phi) is 104. The van der Waals surface area contributed by atoms with Crippen LogP contribution in [0.3, 0.4) is 0 Å². The molecular weight excluding hydrogens is 1610 g/mol. The van der Waals surface area contributed by atoms with Crippen molar-refractivity contribution >= 4 is 106 Å². The predicted octanol–water partition coefficient (Wildman–Crippen LogP) is 29.6. The molecule has 0 heterocycles. The third-order valence-corrected chi connectivity index (χ3v) is 26.1. The lowest BCUT2D eigenvalue weighted by Gasteiger charge is -2.18. The summed E-state index contributed by atoms with van der Waals surface area (Å²) in [5.74, 6) is 23.9. The van der Waals surface area contributed by atoms with Crippen molar-refractivity contribution in [3.63, 3.8) is 0 Å². The molecule has 0 rings (SSSR count). The first kappa shape index (κ1) is 119. The smallest absolute Gasteiger partial charge is 0.316 e. The summed E-state index contributed by atoms with van der Waals surface area (Å²) in [4.78, 5) is 75.7. The van der Waals surface area contributed by atoms with E-state index in [0.717, 1.165) is 150 Å². The monoisotopic (exact) mass is 1790 g/mol. The molecule has 0 aromatic carbocycles. The number of carbonyl (C=O) groups excluding carboxylic acids is 6. The highest BCUT2D eigenvalue weighted by Gasteiger charge is 2.22. The zero-order valence-corrected chi connectivity index (χ0v) is 82.6. The van der Waals surface area contributed by atoms with Crippen LogP contribution in [-0.4, -0.2) is 143 Å². The van der Waals surface area contributed by atoms with E-state index in [4.69, 9.17) is 28.4 Å². The highest BCUT2D eigenvalue weighted by Crippen LogP contribution is 2.20. The Morgan fingerprint density at radius 3 is 0.600 bits per heavy atom. The van der Waals surface area contributed by atoms with Gasteiger partial charge < -0.3 is 28.4 Å². The number of allylic oxidation sites excluding steroid dienone is 6. The highest BCUT2D eigenvalue weighted by atomic mass is 32.2. The minimum atomic E-state index is -0.812. The van der Waals surface area contributed by atoms with Crippen LogP contribution in [0.15, 0.2) is 36.5 Å². The third-order valence-electron chi connectivity index (χ3n) is 20.0. The molecule has 0 amide bonds. The molecule has 0 spiro atoms. The molecular formula is C102H178O12S6. The third kappa shape index (κ3) is 102. The molecule has 0 aromatic rings. The highest BCUT2D eigenvalue weighted by molar-refractivity contribution is 8.01. The average molecular weight is 1790 g/mol. The lowest BCUT2D eigenvalue weighted by molar-refractivity contribution is -0.163. The van der Waals surface area contributed by atoms with Crippen molar-refractivity contribution < 1.29 is 57.2 Å². The van der Waals surface area contributed by atoms with Crippen molar-refractivity contribution in [2.24, 2.45) is 0 Å². The zero-order chi connectivity index (χ0) is 87.3. The minimum absolute atomic E-state index is 0.110. The van der Waals surface area contributed by atoms with E-state index in [0.29, 0.717) is 0 Å². The maximum absolute atomic E-state index is 12.7. The molecule has 0 aliphatic carbocycles. The summed E-state index contributed by atoms with van der Waals surface area (Å²) < 4.78 is 33.4. The summed E-state index contributed by atoms with van der Waals surface area (Å²) in [6, 6.07) is 0.